The van der Waals surface area contributed by atoms with Gasteiger partial charge in [-0.2, -0.15) is 4.89 Å². The fraction of sp³-hybridized carbons (Fsp3) is 0.714. The highest BCUT2D eigenvalue weighted by molar-refractivity contribution is 5.14. The van der Waals surface area contributed by atoms with E-state index in [0.29, 0.717) is 19.4 Å². The van der Waals surface area contributed by atoms with Crippen LogP contribution in [0.3, 0.4) is 0 Å². The van der Waals surface area contributed by atoms with Gasteiger partial charge in [-0.1, -0.05) is 75.3 Å². The smallest absolute Gasteiger partial charge is 0.233 e. The molecule has 142 valence electrons. The van der Waals surface area contributed by atoms with Gasteiger partial charge in [-0.05, 0) is 31.2 Å². The third-order valence-corrected chi connectivity index (χ3v) is 5.03. The van der Waals surface area contributed by atoms with Crippen molar-refractivity contribution < 1.29 is 19.9 Å². The van der Waals surface area contributed by atoms with E-state index >= 15 is 0 Å². The van der Waals surface area contributed by atoms with Crippen molar-refractivity contribution in [1.29, 1.82) is 0 Å². The van der Waals surface area contributed by atoms with Crippen molar-refractivity contribution in [3.8, 4) is 0 Å². The molecule has 0 aliphatic heterocycles. The molecule has 1 N–H and O–H groups in total. The summed E-state index contributed by atoms with van der Waals surface area (Å²) in [5.74, 6) is -0.994. The lowest BCUT2D eigenvalue weighted by Crippen LogP contribution is -2.35. The summed E-state index contributed by atoms with van der Waals surface area (Å²) >= 11 is 0. The van der Waals surface area contributed by atoms with Crippen molar-refractivity contribution in [2.75, 3.05) is 6.61 Å². The standard InChI is InChI=1S/C21H34O4/c22-24-21(17-11-6-4-2-1-3-5-7-12-18-21)25-23-19-13-16-20-14-9-8-10-15-20/h8-10,14-15,22H,1-7,11-13,16-19H2. The SMILES string of the molecule is OOC1(OOCCCc2ccccc2)CCCCCCCCCCC1. The monoisotopic (exact) mass is 350 g/mol. The molecule has 0 amide bonds. The van der Waals surface area contributed by atoms with Gasteiger partial charge in [-0.25, -0.2) is 15.0 Å². The van der Waals surface area contributed by atoms with E-state index in [1.54, 1.807) is 0 Å². The summed E-state index contributed by atoms with van der Waals surface area (Å²) in [4.78, 5) is 15.8. The third kappa shape index (κ3) is 8.32. The van der Waals surface area contributed by atoms with E-state index in [-0.39, 0.29) is 0 Å². The van der Waals surface area contributed by atoms with Crippen molar-refractivity contribution in [3.05, 3.63) is 35.9 Å². The molecule has 0 heterocycles. The molecule has 0 bridgehead atoms. The van der Waals surface area contributed by atoms with Crippen molar-refractivity contribution in [2.24, 2.45) is 0 Å². The summed E-state index contributed by atoms with van der Waals surface area (Å²) < 4.78 is 0. The maximum atomic E-state index is 9.48. The van der Waals surface area contributed by atoms with Gasteiger partial charge in [-0.15, -0.1) is 0 Å². The van der Waals surface area contributed by atoms with Crippen molar-refractivity contribution in [1.82, 2.24) is 0 Å². The molecular formula is C21H34O4. The highest BCUT2D eigenvalue weighted by Gasteiger charge is 2.33. The second kappa shape index (κ2) is 12.4. The lowest BCUT2D eigenvalue weighted by atomic mass is 9.97. The number of rotatable bonds is 7. The summed E-state index contributed by atoms with van der Waals surface area (Å²) in [6.07, 6.45) is 14.0. The first kappa shape index (κ1) is 20.4. The summed E-state index contributed by atoms with van der Waals surface area (Å²) in [5, 5.41) is 9.48. The van der Waals surface area contributed by atoms with Gasteiger partial charge in [0, 0.05) is 12.8 Å². The molecule has 1 fully saturated rings. The Kier molecular flexibility index (Phi) is 10.1. The van der Waals surface area contributed by atoms with E-state index in [0.717, 1.165) is 38.5 Å². The summed E-state index contributed by atoms with van der Waals surface area (Å²) in [5.41, 5.74) is 1.30. The Balaban J connectivity index is 1.73. The summed E-state index contributed by atoms with van der Waals surface area (Å²) in [6.45, 7) is 0.500. The zero-order valence-electron chi connectivity index (χ0n) is 15.5. The fourth-order valence-corrected chi connectivity index (χ4v) is 3.47. The molecule has 0 spiro atoms. The predicted molar refractivity (Wildman–Crippen MR) is 99.0 cm³/mol. The van der Waals surface area contributed by atoms with Gasteiger partial charge in [0.1, 0.15) is 0 Å². The van der Waals surface area contributed by atoms with Gasteiger partial charge in [-0.3, -0.25) is 0 Å². The normalized spacial score (nSPS) is 19.7. The van der Waals surface area contributed by atoms with Gasteiger partial charge in [0.15, 0.2) is 0 Å². The van der Waals surface area contributed by atoms with Crippen LogP contribution in [0.4, 0.5) is 0 Å². The molecule has 2 rings (SSSR count). The highest BCUT2D eigenvalue weighted by Crippen LogP contribution is 2.29. The van der Waals surface area contributed by atoms with Crippen molar-refractivity contribution in [3.63, 3.8) is 0 Å². The van der Waals surface area contributed by atoms with E-state index in [1.165, 1.54) is 37.7 Å². The number of benzene rings is 1. The van der Waals surface area contributed by atoms with Crippen LogP contribution in [0.1, 0.15) is 82.6 Å². The molecule has 4 heteroatoms. The Bertz CT molecular complexity index is 423. The van der Waals surface area contributed by atoms with Gasteiger partial charge in [0.05, 0.1) is 6.61 Å². The minimum absolute atomic E-state index is 0.500. The van der Waals surface area contributed by atoms with Gasteiger partial charge in [0.2, 0.25) is 5.79 Å². The van der Waals surface area contributed by atoms with E-state index in [9.17, 15) is 5.26 Å². The fourth-order valence-electron chi connectivity index (χ4n) is 3.47. The zero-order chi connectivity index (χ0) is 17.6. The lowest BCUT2D eigenvalue weighted by Gasteiger charge is -2.29. The van der Waals surface area contributed by atoms with E-state index in [2.05, 4.69) is 12.1 Å². The van der Waals surface area contributed by atoms with Crippen LogP contribution in [0.2, 0.25) is 0 Å². The summed E-state index contributed by atoms with van der Waals surface area (Å²) in [6, 6.07) is 10.4. The predicted octanol–water partition coefficient (Wildman–Crippen LogP) is 6.06. The molecule has 0 atom stereocenters. The van der Waals surface area contributed by atoms with Crippen molar-refractivity contribution in [2.45, 2.75) is 89.3 Å². The maximum absolute atomic E-state index is 9.48. The first-order valence-corrected chi connectivity index (χ1v) is 10.0. The Labute approximate surface area is 152 Å². The first-order valence-electron chi connectivity index (χ1n) is 10.0. The molecule has 1 aromatic rings. The highest BCUT2D eigenvalue weighted by atomic mass is 17.3. The lowest BCUT2D eigenvalue weighted by molar-refractivity contribution is -0.503. The molecule has 0 radical (unpaired) electrons. The number of aryl methyl sites for hydroxylation is 1. The molecule has 0 saturated heterocycles. The number of hydrogen-bond acceptors (Lipinski definition) is 4. The van der Waals surface area contributed by atoms with Crippen LogP contribution in [0.25, 0.3) is 0 Å². The van der Waals surface area contributed by atoms with Gasteiger partial charge in [0.25, 0.3) is 0 Å². The minimum atomic E-state index is -0.994. The molecule has 0 unspecified atom stereocenters. The molecule has 1 aromatic carbocycles. The maximum Gasteiger partial charge on any atom is 0.233 e. The van der Waals surface area contributed by atoms with Crippen LogP contribution in [-0.4, -0.2) is 17.7 Å². The Hall–Kier alpha value is -0.940. The van der Waals surface area contributed by atoms with Crippen LogP contribution >= 0.6 is 0 Å². The molecule has 25 heavy (non-hydrogen) atoms. The topological polar surface area (TPSA) is 47.9 Å². The molecule has 1 aliphatic carbocycles. The average molecular weight is 350 g/mol. The molecule has 4 nitrogen and oxygen atoms in total. The average Bonchev–Trinajstić information content (AvgIpc) is 2.64. The van der Waals surface area contributed by atoms with E-state index in [4.69, 9.17) is 14.7 Å². The number of hydrogen-bond donors (Lipinski definition) is 1. The van der Waals surface area contributed by atoms with Crippen LogP contribution in [0, 0.1) is 0 Å². The molecule has 0 aromatic heterocycles. The quantitative estimate of drug-likeness (QED) is 0.281. The minimum Gasteiger partial charge on any atom is -0.249 e. The van der Waals surface area contributed by atoms with Gasteiger partial charge < -0.3 is 0 Å². The largest absolute Gasteiger partial charge is 0.249 e. The van der Waals surface area contributed by atoms with Crippen LogP contribution in [0.15, 0.2) is 30.3 Å². The Morgan fingerprint density at radius 2 is 1.36 bits per heavy atom. The zero-order valence-corrected chi connectivity index (χ0v) is 15.5. The van der Waals surface area contributed by atoms with Crippen LogP contribution in [0.5, 0.6) is 0 Å². The molecule has 1 aliphatic rings. The van der Waals surface area contributed by atoms with Crippen molar-refractivity contribution >= 4 is 0 Å². The van der Waals surface area contributed by atoms with Crippen LogP contribution < -0.4 is 0 Å². The Morgan fingerprint density at radius 3 is 1.92 bits per heavy atom. The molecule has 1 saturated carbocycles. The second-order valence-corrected chi connectivity index (χ2v) is 7.18. The Morgan fingerprint density at radius 1 is 0.800 bits per heavy atom. The van der Waals surface area contributed by atoms with E-state index < -0.39 is 5.79 Å². The van der Waals surface area contributed by atoms with E-state index in [1.807, 2.05) is 18.2 Å². The first-order chi connectivity index (χ1) is 12.3. The van der Waals surface area contributed by atoms with Crippen LogP contribution in [-0.2, 0) is 21.1 Å². The molecular weight excluding hydrogens is 316 g/mol. The van der Waals surface area contributed by atoms with Gasteiger partial charge >= 0.3 is 0 Å². The second-order valence-electron chi connectivity index (χ2n) is 7.18. The summed E-state index contributed by atoms with van der Waals surface area (Å²) in [7, 11) is 0. The third-order valence-electron chi connectivity index (χ3n) is 5.03.